The minimum Gasteiger partial charge on any atom is -0.350 e. The molecule has 0 saturated carbocycles. The molecule has 0 atom stereocenters. The highest BCUT2D eigenvalue weighted by Gasteiger charge is 2.30. The molecule has 2 aromatic rings. The van der Waals surface area contributed by atoms with Crippen molar-refractivity contribution in [3.63, 3.8) is 0 Å². The van der Waals surface area contributed by atoms with Crippen LogP contribution < -0.4 is 5.32 Å². The summed E-state index contributed by atoms with van der Waals surface area (Å²) in [6.07, 6.45) is -2.05. The first-order chi connectivity index (χ1) is 9.47. The van der Waals surface area contributed by atoms with Crippen LogP contribution in [-0.2, 0) is 12.6 Å². The largest absolute Gasteiger partial charge is 0.417 e. The van der Waals surface area contributed by atoms with E-state index >= 15 is 0 Å². The summed E-state index contributed by atoms with van der Waals surface area (Å²) in [5.74, 6) is 0.0592. The van der Waals surface area contributed by atoms with Gasteiger partial charge in [0.25, 0.3) is 5.91 Å². The van der Waals surface area contributed by atoms with Gasteiger partial charge < -0.3 is 5.32 Å². The molecule has 0 bridgehead atoms. The zero-order chi connectivity index (χ0) is 14.6. The van der Waals surface area contributed by atoms with Crippen molar-refractivity contribution in [2.45, 2.75) is 12.6 Å². The third kappa shape index (κ3) is 3.53. The van der Waals surface area contributed by atoms with Gasteiger partial charge in [0.2, 0.25) is 0 Å². The Bertz CT molecular complexity index is 565. The number of H-pyrrole nitrogens is 1. The van der Waals surface area contributed by atoms with Crippen LogP contribution in [0.1, 0.15) is 21.9 Å². The van der Waals surface area contributed by atoms with E-state index in [2.05, 4.69) is 25.5 Å². The molecular weight excluding hydrogens is 275 g/mol. The molecule has 20 heavy (non-hydrogen) atoms. The molecule has 0 saturated heterocycles. The number of alkyl halides is 3. The van der Waals surface area contributed by atoms with Crippen molar-refractivity contribution in [3.05, 3.63) is 41.7 Å². The Hall–Kier alpha value is -2.45. The Morgan fingerprint density at radius 1 is 1.30 bits per heavy atom. The molecule has 0 aliphatic heterocycles. The van der Waals surface area contributed by atoms with Crippen LogP contribution in [0, 0.1) is 0 Å². The third-order valence-electron chi connectivity index (χ3n) is 2.44. The monoisotopic (exact) mass is 285 g/mol. The molecule has 2 rings (SSSR count). The van der Waals surface area contributed by atoms with Gasteiger partial charge in [0.1, 0.15) is 17.8 Å². The van der Waals surface area contributed by atoms with Crippen molar-refractivity contribution in [1.82, 2.24) is 25.5 Å². The minimum atomic E-state index is -4.46. The van der Waals surface area contributed by atoms with Gasteiger partial charge in [0, 0.05) is 19.2 Å². The maximum atomic E-state index is 12.3. The summed E-state index contributed by atoms with van der Waals surface area (Å²) in [6, 6.07) is 1.85. The van der Waals surface area contributed by atoms with E-state index in [-0.39, 0.29) is 12.2 Å². The fourth-order valence-electron chi connectivity index (χ4n) is 1.43. The van der Waals surface area contributed by atoms with Gasteiger partial charge in [-0.05, 0) is 12.1 Å². The van der Waals surface area contributed by atoms with Crippen LogP contribution in [0.15, 0.2) is 24.7 Å². The molecule has 0 fully saturated rings. The van der Waals surface area contributed by atoms with Crippen LogP contribution in [0.5, 0.6) is 0 Å². The average molecular weight is 285 g/mol. The van der Waals surface area contributed by atoms with Crippen molar-refractivity contribution in [2.24, 2.45) is 0 Å². The average Bonchev–Trinajstić information content (AvgIpc) is 2.91. The van der Waals surface area contributed by atoms with E-state index in [1.165, 1.54) is 6.33 Å². The minimum absolute atomic E-state index is 0.0735. The smallest absolute Gasteiger partial charge is 0.350 e. The van der Waals surface area contributed by atoms with Crippen LogP contribution >= 0.6 is 0 Å². The van der Waals surface area contributed by atoms with Gasteiger partial charge in [-0.15, -0.1) is 0 Å². The standard InChI is InChI=1S/C11H10F3N5O/c12-11(13,14)7-1-2-8(16-5-7)10(20)15-4-3-9-17-6-18-19-9/h1-2,5-6H,3-4H2,(H,15,20)(H,17,18,19). The number of halogens is 3. The second kappa shape index (κ2) is 5.68. The summed E-state index contributed by atoms with van der Waals surface area (Å²) in [4.78, 5) is 19.0. The molecule has 2 heterocycles. The highest BCUT2D eigenvalue weighted by molar-refractivity contribution is 5.92. The van der Waals surface area contributed by atoms with Gasteiger partial charge in [-0.1, -0.05) is 0 Å². The van der Waals surface area contributed by atoms with Crippen molar-refractivity contribution >= 4 is 5.91 Å². The van der Waals surface area contributed by atoms with Crippen molar-refractivity contribution in [2.75, 3.05) is 6.54 Å². The highest BCUT2D eigenvalue weighted by Crippen LogP contribution is 2.28. The molecule has 6 nitrogen and oxygen atoms in total. The summed E-state index contributed by atoms with van der Waals surface area (Å²) < 4.78 is 37.0. The van der Waals surface area contributed by atoms with Gasteiger partial charge in [-0.3, -0.25) is 14.9 Å². The number of nitrogens with zero attached hydrogens (tertiary/aromatic N) is 3. The summed E-state index contributed by atoms with van der Waals surface area (Å²) >= 11 is 0. The number of aromatic amines is 1. The molecule has 0 unspecified atom stereocenters. The summed E-state index contributed by atoms with van der Waals surface area (Å²) in [5, 5.41) is 8.79. The summed E-state index contributed by atoms with van der Waals surface area (Å²) in [7, 11) is 0. The lowest BCUT2D eigenvalue weighted by atomic mass is 10.2. The predicted octanol–water partition coefficient (Wildman–Crippen LogP) is 1.19. The lowest BCUT2D eigenvalue weighted by molar-refractivity contribution is -0.137. The Kier molecular flexibility index (Phi) is 3.97. The maximum Gasteiger partial charge on any atom is 0.417 e. The van der Waals surface area contributed by atoms with E-state index in [1.807, 2.05) is 0 Å². The fraction of sp³-hybridized carbons (Fsp3) is 0.273. The predicted molar refractivity (Wildman–Crippen MR) is 61.7 cm³/mol. The number of pyridine rings is 1. The van der Waals surface area contributed by atoms with Crippen LogP contribution in [0.3, 0.4) is 0 Å². The molecule has 9 heteroatoms. The van der Waals surface area contributed by atoms with Gasteiger partial charge in [0.15, 0.2) is 0 Å². The second-order valence-corrected chi connectivity index (χ2v) is 3.87. The van der Waals surface area contributed by atoms with Crippen LogP contribution in [0.2, 0.25) is 0 Å². The topological polar surface area (TPSA) is 83.6 Å². The van der Waals surface area contributed by atoms with Crippen LogP contribution in [0.25, 0.3) is 0 Å². The first-order valence-corrected chi connectivity index (χ1v) is 5.62. The maximum absolute atomic E-state index is 12.3. The zero-order valence-electron chi connectivity index (χ0n) is 10.1. The number of hydrogen-bond acceptors (Lipinski definition) is 4. The van der Waals surface area contributed by atoms with E-state index in [9.17, 15) is 18.0 Å². The highest BCUT2D eigenvalue weighted by atomic mass is 19.4. The fourth-order valence-corrected chi connectivity index (χ4v) is 1.43. The number of rotatable bonds is 4. The number of nitrogens with one attached hydrogen (secondary N) is 2. The Balaban J connectivity index is 1.89. The Labute approximate surface area is 111 Å². The van der Waals surface area contributed by atoms with E-state index in [1.54, 1.807) is 0 Å². The second-order valence-electron chi connectivity index (χ2n) is 3.87. The van der Waals surface area contributed by atoms with E-state index in [0.29, 0.717) is 18.4 Å². The molecule has 2 aromatic heterocycles. The Morgan fingerprint density at radius 3 is 2.65 bits per heavy atom. The molecule has 0 aliphatic carbocycles. The van der Waals surface area contributed by atoms with Crippen molar-refractivity contribution in [1.29, 1.82) is 0 Å². The van der Waals surface area contributed by atoms with Crippen LogP contribution in [0.4, 0.5) is 13.2 Å². The molecule has 0 spiro atoms. The van der Waals surface area contributed by atoms with Crippen LogP contribution in [-0.4, -0.2) is 32.6 Å². The van der Waals surface area contributed by atoms with Gasteiger partial charge in [0.05, 0.1) is 5.56 Å². The lowest BCUT2D eigenvalue weighted by Crippen LogP contribution is -2.27. The van der Waals surface area contributed by atoms with Gasteiger partial charge in [-0.25, -0.2) is 4.98 Å². The molecule has 0 aromatic carbocycles. The van der Waals surface area contributed by atoms with E-state index in [0.717, 1.165) is 12.1 Å². The molecular formula is C11H10F3N5O. The molecule has 1 amide bonds. The molecule has 2 N–H and O–H groups in total. The molecule has 0 aliphatic rings. The first kappa shape index (κ1) is 14.0. The van der Waals surface area contributed by atoms with E-state index in [4.69, 9.17) is 0 Å². The number of amides is 1. The summed E-state index contributed by atoms with van der Waals surface area (Å²) in [6.45, 7) is 0.275. The first-order valence-electron chi connectivity index (χ1n) is 5.62. The summed E-state index contributed by atoms with van der Waals surface area (Å²) in [5.41, 5.74) is -0.966. The lowest BCUT2D eigenvalue weighted by Gasteiger charge is -2.07. The molecule has 106 valence electrons. The number of carbonyl (C=O) groups is 1. The zero-order valence-corrected chi connectivity index (χ0v) is 10.1. The number of aromatic nitrogens is 4. The van der Waals surface area contributed by atoms with Gasteiger partial charge >= 0.3 is 6.18 Å². The third-order valence-corrected chi connectivity index (χ3v) is 2.44. The quantitative estimate of drug-likeness (QED) is 0.884. The Morgan fingerprint density at radius 2 is 2.10 bits per heavy atom. The molecule has 0 radical (unpaired) electrons. The normalized spacial score (nSPS) is 11.3. The van der Waals surface area contributed by atoms with Crippen molar-refractivity contribution in [3.8, 4) is 0 Å². The van der Waals surface area contributed by atoms with Gasteiger partial charge in [-0.2, -0.15) is 18.3 Å². The number of carbonyl (C=O) groups excluding carboxylic acids is 1. The van der Waals surface area contributed by atoms with Crippen molar-refractivity contribution < 1.29 is 18.0 Å². The SMILES string of the molecule is O=C(NCCc1ncn[nH]1)c1ccc(C(F)(F)F)cn1. The van der Waals surface area contributed by atoms with E-state index < -0.39 is 17.6 Å². The number of hydrogen-bond donors (Lipinski definition) is 2.